The number of carbonyl (C=O) groups excluding carboxylic acids is 1. The van der Waals surface area contributed by atoms with Crippen molar-refractivity contribution in [3.63, 3.8) is 0 Å². The van der Waals surface area contributed by atoms with Crippen molar-refractivity contribution in [3.05, 3.63) is 17.5 Å². The van der Waals surface area contributed by atoms with Gasteiger partial charge in [0.15, 0.2) is 0 Å². The molecule has 0 bridgehead atoms. The summed E-state index contributed by atoms with van der Waals surface area (Å²) in [5.41, 5.74) is 1.60. The van der Waals surface area contributed by atoms with E-state index in [1.54, 1.807) is 0 Å². The molecule has 4 nitrogen and oxygen atoms in total. The van der Waals surface area contributed by atoms with Crippen LogP contribution in [0.25, 0.3) is 0 Å². The molecule has 1 N–H and O–H groups in total. The van der Waals surface area contributed by atoms with Crippen molar-refractivity contribution in [1.82, 2.24) is 15.1 Å². The zero-order valence-electron chi connectivity index (χ0n) is 11.1. The predicted molar refractivity (Wildman–Crippen MR) is 69.1 cm³/mol. The molecule has 0 saturated carbocycles. The van der Waals surface area contributed by atoms with Gasteiger partial charge in [0.05, 0.1) is 0 Å². The van der Waals surface area contributed by atoms with E-state index in [-0.39, 0.29) is 5.91 Å². The summed E-state index contributed by atoms with van der Waals surface area (Å²) in [6, 6.07) is 1.88. The van der Waals surface area contributed by atoms with Crippen LogP contribution >= 0.6 is 0 Å². The molecule has 1 aromatic rings. The molecule has 1 aromatic heterocycles. The Balaban J connectivity index is 2.70. The number of hydrogen-bond acceptors (Lipinski definition) is 2. The fourth-order valence-corrected chi connectivity index (χ4v) is 1.89. The van der Waals surface area contributed by atoms with Crippen molar-refractivity contribution in [2.24, 2.45) is 0 Å². The van der Waals surface area contributed by atoms with Gasteiger partial charge in [0.2, 0.25) is 0 Å². The topological polar surface area (TPSA) is 49.0 Å². The van der Waals surface area contributed by atoms with Crippen LogP contribution in [0.5, 0.6) is 0 Å². The van der Waals surface area contributed by atoms with Crippen LogP contribution in [0, 0.1) is 0 Å². The Kier molecular flexibility index (Phi) is 5.73. The number of aromatic nitrogens is 2. The summed E-state index contributed by atoms with van der Waals surface area (Å²) in [7, 11) is 0. The van der Waals surface area contributed by atoms with Gasteiger partial charge in [-0.2, -0.15) is 5.10 Å². The van der Waals surface area contributed by atoms with E-state index in [1.165, 1.54) is 0 Å². The van der Waals surface area contributed by atoms with Gasteiger partial charge in [-0.15, -0.1) is 0 Å². The average molecular weight is 237 g/mol. The Morgan fingerprint density at radius 3 is 2.41 bits per heavy atom. The molecule has 0 spiro atoms. The first kappa shape index (κ1) is 13.7. The number of carbonyl (C=O) groups is 1. The van der Waals surface area contributed by atoms with Gasteiger partial charge in [-0.1, -0.05) is 27.2 Å². The first-order chi connectivity index (χ1) is 8.22. The van der Waals surface area contributed by atoms with Crippen LogP contribution in [-0.2, 0) is 6.42 Å². The molecular weight excluding hydrogens is 214 g/mol. The van der Waals surface area contributed by atoms with E-state index in [2.05, 4.69) is 31.0 Å². The molecule has 0 aliphatic heterocycles. The number of amides is 1. The molecule has 96 valence electrons. The third-order valence-corrected chi connectivity index (χ3v) is 2.64. The quantitative estimate of drug-likeness (QED) is 0.792. The van der Waals surface area contributed by atoms with Gasteiger partial charge in [-0.05, 0) is 25.3 Å². The lowest BCUT2D eigenvalue weighted by atomic mass is 10.2. The van der Waals surface area contributed by atoms with Crippen molar-refractivity contribution in [3.8, 4) is 0 Å². The first-order valence-corrected chi connectivity index (χ1v) is 6.56. The average Bonchev–Trinajstić information content (AvgIpc) is 2.77. The minimum absolute atomic E-state index is 0.0484. The van der Waals surface area contributed by atoms with Crippen LogP contribution in [0.4, 0.5) is 0 Å². The number of rotatable bonds is 7. The lowest BCUT2D eigenvalue weighted by molar-refractivity contribution is 0.0749. The van der Waals surface area contributed by atoms with Gasteiger partial charge < -0.3 is 4.90 Å². The van der Waals surface area contributed by atoms with Crippen molar-refractivity contribution in [2.45, 2.75) is 46.5 Å². The highest BCUT2D eigenvalue weighted by Gasteiger charge is 2.16. The van der Waals surface area contributed by atoms with Crippen LogP contribution in [0.2, 0.25) is 0 Å². The van der Waals surface area contributed by atoms with E-state index in [4.69, 9.17) is 0 Å². The number of aryl methyl sites for hydroxylation is 1. The number of hydrogen-bond donors (Lipinski definition) is 1. The first-order valence-electron chi connectivity index (χ1n) is 6.56. The number of H-pyrrole nitrogens is 1. The highest BCUT2D eigenvalue weighted by atomic mass is 16.2. The van der Waals surface area contributed by atoms with Gasteiger partial charge in [0.25, 0.3) is 5.91 Å². The third kappa shape index (κ3) is 3.88. The molecule has 0 fully saturated rings. The van der Waals surface area contributed by atoms with Gasteiger partial charge in [-0.3, -0.25) is 9.89 Å². The highest BCUT2D eigenvalue weighted by molar-refractivity contribution is 5.92. The lowest BCUT2D eigenvalue weighted by Gasteiger charge is -2.19. The van der Waals surface area contributed by atoms with E-state index < -0.39 is 0 Å². The second-order valence-corrected chi connectivity index (χ2v) is 4.32. The van der Waals surface area contributed by atoms with Crippen LogP contribution < -0.4 is 0 Å². The summed E-state index contributed by atoms with van der Waals surface area (Å²) in [6.45, 7) is 7.90. The predicted octanol–water partition coefficient (Wildman–Crippen LogP) is 2.62. The van der Waals surface area contributed by atoms with Crippen molar-refractivity contribution < 1.29 is 4.79 Å². The molecule has 0 aromatic carbocycles. The van der Waals surface area contributed by atoms with E-state index in [9.17, 15) is 4.79 Å². The summed E-state index contributed by atoms with van der Waals surface area (Å²) >= 11 is 0. The summed E-state index contributed by atoms with van der Waals surface area (Å²) < 4.78 is 0. The normalized spacial score (nSPS) is 10.5. The molecule has 0 radical (unpaired) electrons. The molecule has 1 heterocycles. The largest absolute Gasteiger partial charge is 0.337 e. The van der Waals surface area contributed by atoms with Crippen molar-refractivity contribution in [1.29, 1.82) is 0 Å². The molecule has 0 saturated heterocycles. The van der Waals surface area contributed by atoms with Crippen LogP contribution in [0.3, 0.4) is 0 Å². The fraction of sp³-hybridized carbons (Fsp3) is 0.692. The maximum Gasteiger partial charge on any atom is 0.274 e. The van der Waals surface area contributed by atoms with Gasteiger partial charge in [-0.25, -0.2) is 0 Å². The van der Waals surface area contributed by atoms with E-state index in [1.807, 2.05) is 11.0 Å². The molecule has 0 atom stereocenters. The van der Waals surface area contributed by atoms with E-state index in [0.29, 0.717) is 5.69 Å². The summed E-state index contributed by atoms with van der Waals surface area (Å²) in [4.78, 5) is 14.1. The maximum atomic E-state index is 12.2. The Labute approximate surface area is 103 Å². The summed E-state index contributed by atoms with van der Waals surface area (Å²) in [5.74, 6) is 0.0484. The Bertz CT molecular complexity index is 340. The molecule has 0 aliphatic carbocycles. The second-order valence-electron chi connectivity index (χ2n) is 4.32. The summed E-state index contributed by atoms with van der Waals surface area (Å²) in [5, 5.41) is 7.03. The molecular formula is C13H23N3O. The van der Waals surface area contributed by atoms with E-state index >= 15 is 0 Å². The van der Waals surface area contributed by atoms with Gasteiger partial charge in [0.1, 0.15) is 5.69 Å². The van der Waals surface area contributed by atoms with Crippen LogP contribution in [0.15, 0.2) is 6.07 Å². The standard InChI is InChI=1S/C13H23N3O/c1-4-7-11-10-12(15-14-11)13(17)16(8-5-2)9-6-3/h10H,4-9H2,1-3H3,(H,14,15). The van der Waals surface area contributed by atoms with Crippen LogP contribution in [0.1, 0.15) is 56.2 Å². The Morgan fingerprint density at radius 2 is 1.88 bits per heavy atom. The fourth-order valence-electron chi connectivity index (χ4n) is 1.89. The molecule has 0 unspecified atom stereocenters. The maximum absolute atomic E-state index is 12.2. The minimum Gasteiger partial charge on any atom is -0.337 e. The zero-order valence-corrected chi connectivity index (χ0v) is 11.1. The third-order valence-electron chi connectivity index (χ3n) is 2.64. The van der Waals surface area contributed by atoms with Gasteiger partial charge in [0, 0.05) is 18.8 Å². The summed E-state index contributed by atoms with van der Waals surface area (Å²) in [6.07, 6.45) is 3.97. The Hall–Kier alpha value is -1.32. The van der Waals surface area contributed by atoms with Crippen LogP contribution in [-0.4, -0.2) is 34.1 Å². The van der Waals surface area contributed by atoms with Crippen molar-refractivity contribution >= 4 is 5.91 Å². The minimum atomic E-state index is 0.0484. The zero-order chi connectivity index (χ0) is 12.7. The smallest absolute Gasteiger partial charge is 0.274 e. The SMILES string of the molecule is CCCc1cc(C(=O)N(CCC)CCC)n[nH]1. The second kappa shape index (κ2) is 7.09. The highest BCUT2D eigenvalue weighted by Crippen LogP contribution is 2.07. The number of aromatic amines is 1. The number of nitrogens with one attached hydrogen (secondary N) is 1. The molecule has 4 heteroatoms. The van der Waals surface area contributed by atoms with E-state index in [0.717, 1.165) is 44.5 Å². The van der Waals surface area contributed by atoms with Crippen molar-refractivity contribution in [2.75, 3.05) is 13.1 Å². The lowest BCUT2D eigenvalue weighted by Crippen LogP contribution is -2.32. The van der Waals surface area contributed by atoms with Gasteiger partial charge >= 0.3 is 0 Å². The molecule has 1 amide bonds. The monoisotopic (exact) mass is 237 g/mol. The molecule has 0 aliphatic rings. The molecule has 1 rings (SSSR count). The Morgan fingerprint density at radius 1 is 1.24 bits per heavy atom. The number of nitrogens with zero attached hydrogens (tertiary/aromatic N) is 2. The molecule has 17 heavy (non-hydrogen) atoms.